The van der Waals surface area contributed by atoms with Crippen molar-refractivity contribution in [2.75, 3.05) is 0 Å². The average Bonchev–Trinajstić information content (AvgIpc) is 2.73. The second-order valence-corrected chi connectivity index (χ2v) is 9.03. The van der Waals surface area contributed by atoms with E-state index in [0.29, 0.717) is 17.8 Å². The zero-order valence-electron chi connectivity index (χ0n) is 17.9. The fourth-order valence-electron chi connectivity index (χ4n) is 5.23. The maximum atomic E-state index is 13.0. The minimum atomic E-state index is -0.875. The number of nitrogens with two attached hydrogens (primary N) is 1. The highest BCUT2D eigenvalue weighted by atomic mass is 16.2. The molecule has 2 aromatic carbocycles. The number of hydrogen-bond acceptors (Lipinski definition) is 2. The molecule has 3 N–H and O–H groups in total. The highest BCUT2D eigenvalue weighted by molar-refractivity contribution is 6.03. The van der Waals surface area contributed by atoms with Crippen LogP contribution in [0.1, 0.15) is 45.1 Å². The van der Waals surface area contributed by atoms with Crippen LogP contribution >= 0.6 is 0 Å². The largest absolute Gasteiger partial charge is 0.369 e. The summed E-state index contributed by atoms with van der Waals surface area (Å²) < 4.78 is 0. The molecule has 1 heterocycles. The topological polar surface area (TPSA) is 72.2 Å². The van der Waals surface area contributed by atoms with Gasteiger partial charge in [0, 0.05) is 17.5 Å². The third kappa shape index (κ3) is 3.55. The molecule has 0 bridgehead atoms. The minimum Gasteiger partial charge on any atom is -0.369 e. The van der Waals surface area contributed by atoms with Crippen molar-refractivity contribution in [3.05, 3.63) is 71.4 Å². The zero-order chi connectivity index (χ0) is 21.4. The van der Waals surface area contributed by atoms with Gasteiger partial charge in [0.15, 0.2) is 0 Å². The predicted octanol–water partition coefficient (Wildman–Crippen LogP) is 4.62. The molecule has 1 aliphatic heterocycles. The molecule has 4 rings (SSSR count). The average molecular weight is 403 g/mol. The van der Waals surface area contributed by atoms with Gasteiger partial charge in [-0.1, -0.05) is 75.4 Å². The Morgan fingerprint density at radius 2 is 1.63 bits per heavy atom. The van der Waals surface area contributed by atoms with Gasteiger partial charge in [0.2, 0.25) is 11.8 Å². The van der Waals surface area contributed by atoms with Crippen LogP contribution in [0.4, 0.5) is 0 Å². The van der Waals surface area contributed by atoms with Crippen molar-refractivity contribution in [3.8, 4) is 11.1 Å². The first kappa shape index (κ1) is 20.4. The number of carbonyl (C=O) groups excluding carboxylic acids is 2. The van der Waals surface area contributed by atoms with Crippen LogP contribution in [-0.4, -0.2) is 11.8 Å². The minimum absolute atomic E-state index is 0.266. The smallest absolute Gasteiger partial charge is 0.237 e. The molecule has 1 aliphatic carbocycles. The monoisotopic (exact) mass is 402 g/mol. The first-order valence-electron chi connectivity index (χ1n) is 10.9. The van der Waals surface area contributed by atoms with Gasteiger partial charge in [-0.05, 0) is 46.9 Å². The number of primary amides is 1. The van der Waals surface area contributed by atoms with Crippen LogP contribution in [0, 0.1) is 23.7 Å². The van der Waals surface area contributed by atoms with E-state index in [1.54, 1.807) is 0 Å². The summed E-state index contributed by atoms with van der Waals surface area (Å²) in [7, 11) is 0. The quantitative estimate of drug-likeness (QED) is 0.732. The van der Waals surface area contributed by atoms with Gasteiger partial charge < -0.3 is 11.1 Å². The van der Waals surface area contributed by atoms with Crippen LogP contribution in [0.25, 0.3) is 11.1 Å². The summed E-state index contributed by atoms with van der Waals surface area (Å²) >= 11 is 0. The Balaban J connectivity index is 1.82. The zero-order valence-corrected chi connectivity index (χ0v) is 17.9. The first-order chi connectivity index (χ1) is 14.4. The summed E-state index contributed by atoms with van der Waals surface area (Å²) in [6, 6.07) is 18.4. The number of amides is 2. The van der Waals surface area contributed by atoms with E-state index in [9.17, 15) is 9.59 Å². The van der Waals surface area contributed by atoms with Gasteiger partial charge in [-0.2, -0.15) is 0 Å². The molecule has 0 radical (unpaired) electrons. The van der Waals surface area contributed by atoms with Crippen LogP contribution in [0.5, 0.6) is 0 Å². The van der Waals surface area contributed by atoms with Gasteiger partial charge in [0.05, 0.1) is 0 Å². The second-order valence-electron chi connectivity index (χ2n) is 9.03. The van der Waals surface area contributed by atoms with Crippen molar-refractivity contribution in [1.82, 2.24) is 5.32 Å². The van der Waals surface area contributed by atoms with Crippen LogP contribution < -0.4 is 11.1 Å². The van der Waals surface area contributed by atoms with Gasteiger partial charge in [-0.3, -0.25) is 9.59 Å². The number of benzene rings is 2. The van der Waals surface area contributed by atoms with Crippen molar-refractivity contribution in [3.63, 3.8) is 0 Å². The lowest BCUT2D eigenvalue weighted by molar-refractivity contribution is -0.134. The summed E-state index contributed by atoms with van der Waals surface area (Å²) in [6.45, 7) is 6.59. The third-order valence-corrected chi connectivity index (χ3v) is 6.82. The van der Waals surface area contributed by atoms with Crippen LogP contribution in [0.15, 0.2) is 65.9 Å². The van der Waals surface area contributed by atoms with Crippen LogP contribution in [0.3, 0.4) is 0 Å². The molecule has 2 aliphatic rings. The SMILES string of the molecule is CC1CCC(C(C)C)C2=C1C(c1ccc(-c3ccccc3)cc1)C(C(N)=O)C(=O)N2. The number of rotatable bonds is 4. The number of nitrogens with one attached hydrogen (secondary N) is 1. The van der Waals surface area contributed by atoms with Gasteiger partial charge in [0.25, 0.3) is 0 Å². The Labute approximate surface area is 178 Å². The standard InChI is InChI=1S/C26H30N2O2/c1-15(2)20-14-9-16(3)21-22(23(25(27)29)26(30)28-24(20)21)19-12-10-18(11-13-19)17-7-5-4-6-8-17/h4-8,10-13,15-16,20,22-23H,9,14H2,1-3H3,(H2,27,29)(H,28,30). The first-order valence-corrected chi connectivity index (χ1v) is 10.9. The van der Waals surface area contributed by atoms with E-state index >= 15 is 0 Å². The summed E-state index contributed by atoms with van der Waals surface area (Å²) in [4.78, 5) is 25.4. The van der Waals surface area contributed by atoms with Crippen LogP contribution in [0.2, 0.25) is 0 Å². The Morgan fingerprint density at radius 1 is 1.00 bits per heavy atom. The Morgan fingerprint density at radius 3 is 2.23 bits per heavy atom. The summed E-state index contributed by atoms with van der Waals surface area (Å²) in [6.07, 6.45) is 2.11. The second kappa shape index (κ2) is 8.10. The summed E-state index contributed by atoms with van der Waals surface area (Å²) in [5.41, 5.74) is 11.2. The van der Waals surface area contributed by atoms with Crippen LogP contribution in [-0.2, 0) is 9.59 Å². The number of carbonyl (C=O) groups is 2. The maximum Gasteiger partial charge on any atom is 0.237 e. The molecular weight excluding hydrogens is 372 g/mol. The molecule has 4 atom stereocenters. The lowest BCUT2D eigenvalue weighted by Gasteiger charge is -2.43. The molecular formula is C26H30N2O2. The van der Waals surface area contributed by atoms with Crippen molar-refractivity contribution >= 4 is 11.8 Å². The van der Waals surface area contributed by atoms with E-state index < -0.39 is 11.8 Å². The number of allylic oxidation sites excluding steroid dienone is 2. The Kier molecular flexibility index (Phi) is 5.50. The normalized spacial score (nSPS) is 26.3. The molecule has 2 aromatic rings. The Bertz CT molecular complexity index is 976. The fourth-order valence-corrected chi connectivity index (χ4v) is 5.23. The predicted molar refractivity (Wildman–Crippen MR) is 119 cm³/mol. The lowest BCUT2D eigenvalue weighted by Crippen LogP contribution is -2.50. The van der Waals surface area contributed by atoms with E-state index in [2.05, 4.69) is 62.5 Å². The van der Waals surface area contributed by atoms with E-state index in [0.717, 1.165) is 35.2 Å². The van der Waals surface area contributed by atoms with Crippen molar-refractivity contribution in [2.45, 2.75) is 39.5 Å². The summed E-state index contributed by atoms with van der Waals surface area (Å²) in [5.74, 6) is -0.967. The molecule has 30 heavy (non-hydrogen) atoms. The number of hydrogen-bond donors (Lipinski definition) is 2. The molecule has 0 saturated carbocycles. The van der Waals surface area contributed by atoms with E-state index in [1.807, 2.05) is 18.2 Å². The highest BCUT2D eigenvalue weighted by Gasteiger charge is 2.46. The van der Waals surface area contributed by atoms with Crippen molar-refractivity contribution < 1.29 is 9.59 Å². The van der Waals surface area contributed by atoms with Crippen molar-refractivity contribution in [1.29, 1.82) is 0 Å². The van der Waals surface area contributed by atoms with Gasteiger partial charge in [-0.25, -0.2) is 0 Å². The fraction of sp³-hybridized carbons (Fsp3) is 0.385. The third-order valence-electron chi connectivity index (χ3n) is 6.82. The molecule has 2 amide bonds. The molecule has 4 heteroatoms. The highest BCUT2D eigenvalue weighted by Crippen LogP contribution is 2.48. The van der Waals surface area contributed by atoms with Crippen molar-refractivity contribution in [2.24, 2.45) is 29.4 Å². The van der Waals surface area contributed by atoms with E-state index in [4.69, 9.17) is 5.73 Å². The molecule has 0 saturated heterocycles. The van der Waals surface area contributed by atoms with Gasteiger partial charge in [0.1, 0.15) is 5.92 Å². The summed E-state index contributed by atoms with van der Waals surface area (Å²) in [5, 5.41) is 3.09. The molecule has 0 fully saturated rings. The van der Waals surface area contributed by atoms with Gasteiger partial charge in [-0.15, -0.1) is 0 Å². The lowest BCUT2D eigenvalue weighted by atomic mass is 9.65. The molecule has 0 spiro atoms. The van der Waals surface area contributed by atoms with E-state index in [1.165, 1.54) is 5.57 Å². The maximum absolute atomic E-state index is 13.0. The molecule has 156 valence electrons. The van der Waals surface area contributed by atoms with Gasteiger partial charge >= 0.3 is 0 Å². The molecule has 4 unspecified atom stereocenters. The Hall–Kier alpha value is -2.88. The van der Waals surface area contributed by atoms with E-state index in [-0.39, 0.29) is 11.8 Å². The molecule has 4 nitrogen and oxygen atoms in total. The molecule has 0 aromatic heterocycles.